The van der Waals surface area contributed by atoms with E-state index in [4.69, 9.17) is 15.3 Å². The topological polar surface area (TPSA) is 85.6 Å². The highest BCUT2D eigenvalue weighted by atomic mass is 16.5. The van der Waals surface area contributed by atoms with Crippen molar-refractivity contribution in [3.05, 3.63) is 23.3 Å². The second kappa shape index (κ2) is 5.95. The van der Waals surface area contributed by atoms with Gasteiger partial charge in [0.1, 0.15) is 11.5 Å². The molecule has 1 aromatic rings. The first kappa shape index (κ1) is 13.1. The molecule has 4 N–H and O–H groups in total. The number of rotatable bonds is 4. The van der Waals surface area contributed by atoms with Crippen LogP contribution in [0.25, 0.3) is 0 Å². The SMILES string of the molecule is COc1ccc(CNC(=O)NN)c(OC)c1C. The van der Waals surface area contributed by atoms with Crippen LogP contribution < -0.4 is 26.1 Å². The fraction of sp³-hybridized carbons (Fsp3) is 0.364. The van der Waals surface area contributed by atoms with Crippen LogP contribution in [0.1, 0.15) is 11.1 Å². The monoisotopic (exact) mass is 239 g/mol. The van der Waals surface area contributed by atoms with Gasteiger partial charge < -0.3 is 14.8 Å². The van der Waals surface area contributed by atoms with Gasteiger partial charge in [-0.05, 0) is 19.1 Å². The van der Waals surface area contributed by atoms with Crippen LogP contribution in [0.5, 0.6) is 11.5 Å². The molecule has 0 bridgehead atoms. The Morgan fingerprint density at radius 2 is 2.06 bits per heavy atom. The first-order valence-corrected chi connectivity index (χ1v) is 5.09. The van der Waals surface area contributed by atoms with E-state index in [1.807, 2.05) is 24.5 Å². The first-order chi connectivity index (χ1) is 8.13. The smallest absolute Gasteiger partial charge is 0.329 e. The maximum Gasteiger partial charge on any atom is 0.329 e. The number of carbonyl (C=O) groups is 1. The molecule has 2 amide bonds. The summed E-state index contributed by atoms with van der Waals surface area (Å²) in [7, 11) is 3.18. The summed E-state index contributed by atoms with van der Waals surface area (Å²) in [5.74, 6) is 6.41. The lowest BCUT2D eigenvalue weighted by Crippen LogP contribution is -2.39. The maximum absolute atomic E-state index is 11.0. The minimum absolute atomic E-state index is 0.330. The third-order valence-corrected chi connectivity index (χ3v) is 2.43. The minimum atomic E-state index is -0.444. The molecule has 6 heteroatoms. The Morgan fingerprint density at radius 3 is 2.59 bits per heavy atom. The van der Waals surface area contributed by atoms with Crippen molar-refractivity contribution >= 4 is 6.03 Å². The van der Waals surface area contributed by atoms with Crippen molar-refractivity contribution in [3.63, 3.8) is 0 Å². The lowest BCUT2D eigenvalue weighted by Gasteiger charge is -2.14. The van der Waals surface area contributed by atoms with Gasteiger partial charge in [-0.3, -0.25) is 5.43 Å². The molecule has 94 valence electrons. The lowest BCUT2D eigenvalue weighted by molar-refractivity contribution is 0.240. The van der Waals surface area contributed by atoms with Crippen LogP contribution in [0.3, 0.4) is 0 Å². The minimum Gasteiger partial charge on any atom is -0.496 e. The van der Waals surface area contributed by atoms with E-state index in [9.17, 15) is 4.79 Å². The molecule has 0 fully saturated rings. The van der Waals surface area contributed by atoms with Gasteiger partial charge in [0.05, 0.1) is 14.2 Å². The molecule has 1 rings (SSSR count). The molecule has 0 aliphatic carbocycles. The van der Waals surface area contributed by atoms with Crippen LogP contribution in [-0.4, -0.2) is 20.3 Å². The molecule has 0 aliphatic heterocycles. The second-order valence-corrected chi connectivity index (χ2v) is 3.41. The van der Waals surface area contributed by atoms with Crippen molar-refractivity contribution in [1.82, 2.24) is 10.7 Å². The van der Waals surface area contributed by atoms with Crippen LogP contribution in [0, 0.1) is 6.92 Å². The molecule has 0 saturated carbocycles. The molecule has 0 aliphatic rings. The third-order valence-electron chi connectivity index (χ3n) is 2.43. The number of nitrogens with two attached hydrogens (primary N) is 1. The maximum atomic E-state index is 11.0. The molecule has 1 aromatic carbocycles. The summed E-state index contributed by atoms with van der Waals surface area (Å²) in [6, 6.07) is 3.22. The van der Waals surface area contributed by atoms with E-state index in [2.05, 4.69) is 5.32 Å². The Bertz CT molecular complexity index is 407. The van der Waals surface area contributed by atoms with Crippen molar-refractivity contribution in [2.24, 2.45) is 5.84 Å². The predicted molar refractivity (Wildman–Crippen MR) is 63.8 cm³/mol. The quantitative estimate of drug-likeness (QED) is 0.410. The highest BCUT2D eigenvalue weighted by molar-refractivity contribution is 5.73. The summed E-state index contributed by atoms with van der Waals surface area (Å²) >= 11 is 0. The van der Waals surface area contributed by atoms with Gasteiger partial charge in [-0.2, -0.15) is 0 Å². The van der Waals surface area contributed by atoms with Crippen molar-refractivity contribution in [2.45, 2.75) is 13.5 Å². The van der Waals surface area contributed by atoms with Crippen molar-refractivity contribution in [2.75, 3.05) is 14.2 Å². The standard InChI is InChI=1S/C11H17N3O3/c1-7-9(16-2)5-4-8(10(7)17-3)6-13-11(15)14-12/h4-5H,6,12H2,1-3H3,(H2,13,14,15). The summed E-state index contributed by atoms with van der Waals surface area (Å²) < 4.78 is 10.5. The first-order valence-electron chi connectivity index (χ1n) is 5.09. The Balaban J connectivity index is 2.92. The van der Waals surface area contributed by atoms with Crippen molar-refractivity contribution in [1.29, 1.82) is 0 Å². The van der Waals surface area contributed by atoms with E-state index in [1.165, 1.54) is 0 Å². The fourth-order valence-electron chi connectivity index (χ4n) is 1.60. The normalized spacial score (nSPS) is 9.65. The largest absolute Gasteiger partial charge is 0.496 e. The van der Waals surface area contributed by atoms with Crippen molar-refractivity contribution in [3.8, 4) is 11.5 Å². The van der Waals surface area contributed by atoms with E-state index in [0.717, 1.165) is 16.9 Å². The summed E-state index contributed by atoms with van der Waals surface area (Å²) in [4.78, 5) is 11.0. The zero-order chi connectivity index (χ0) is 12.8. The Labute approximate surface area is 100 Å². The molecule has 6 nitrogen and oxygen atoms in total. The van der Waals surface area contributed by atoms with E-state index < -0.39 is 6.03 Å². The average Bonchev–Trinajstić information content (AvgIpc) is 2.35. The number of hydrogen-bond acceptors (Lipinski definition) is 4. The summed E-state index contributed by atoms with van der Waals surface area (Å²) in [5.41, 5.74) is 3.74. The van der Waals surface area contributed by atoms with Gasteiger partial charge in [0.25, 0.3) is 0 Å². The lowest BCUT2D eigenvalue weighted by atomic mass is 10.1. The van der Waals surface area contributed by atoms with Gasteiger partial charge in [-0.25, -0.2) is 10.6 Å². The molecule has 0 heterocycles. The van der Waals surface area contributed by atoms with E-state index >= 15 is 0 Å². The van der Waals surface area contributed by atoms with Gasteiger partial charge in [0.15, 0.2) is 0 Å². The van der Waals surface area contributed by atoms with Crippen LogP contribution >= 0.6 is 0 Å². The van der Waals surface area contributed by atoms with Crippen LogP contribution in [0.2, 0.25) is 0 Å². The third kappa shape index (κ3) is 3.01. The molecule has 17 heavy (non-hydrogen) atoms. The summed E-state index contributed by atoms with van der Waals surface area (Å²) in [5, 5.41) is 2.59. The zero-order valence-electron chi connectivity index (χ0n) is 10.2. The van der Waals surface area contributed by atoms with Crippen molar-refractivity contribution < 1.29 is 14.3 Å². The average molecular weight is 239 g/mol. The number of ether oxygens (including phenoxy) is 2. The molecule has 0 spiro atoms. The molecule has 0 aromatic heterocycles. The van der Waals surface area contributed by atoms with Gasteiger partial charge >= 0.3 is 6.03 Å². The zero-order valence-corrected chi connectivity index (χ0v) is 10.2. The van der Waals surface area contributed by atoms with Crippen LogP contribution in [0.4, 0.5) is 4.79 Å². The number of benzene rings is 1. The molecule has 0 atom stereocenters. The Morgan fingerprint density at radius 1 is 1.35 bits per heavy atom. The highest BCUT2D eigenvalue weighted by Crippen LogP contribution is 2.31. The van der Waals surface area contributed by atoms with E-state index in [0.29, 0.717) is 12.3 Å². The Hall–Kier alpha value is -1.95. The molecular formula is C11H17N3O3. The number of carbonyl (C=O) groups excluding carboxylic acids is 1. The van der Waals surface area contributed by atoms with Gasteiger partial charge in [-0.1, -0.05) is 0 Å². The number of nitrogens with one attached hydrogen (secondary N) is 2. The van der Waals surface area contributed by atoms with Gasteiger partial charge in [0, 0.05) is 17.7 Å². The predicted octanol–water partition coefficient (Wildman–Crippen LogP) is 0.685. The fourth-order valence-corrected chi connectivity index (χ4v) is 1.60. The highest BCUT2D eigenvalue weighted by Gasteiger charge is 2.11. The van der Waals surface area contributed by atoms with E-state index in [-0.39, 0.29) is 0 Å². The van der Waals surface area contributed by atoms with Gasteiger partial charge in [-0.15, -0.1) is 0 Å². The number of methoxy groups -OCH3 is 2. The molecule has 0 radical (unpaired) electrons. The van der Waals surface area contributed by atoms with Gasteiger partial charge in [0.2, 0.25) is 0 Å². The van der Waals surface area contributed by atoms with Crippen LogP contribution in [0.15, 0.2) is 12.1 Å². The molecule has 0 saturated heterocycles. The summed E-state index contributed by atoms with van der Waals surface area (Å²) in [6.45, 7) is 2.22. The number of hydrogen-bond donors (Lipinski definition) is 3. The second-order valence-electron chi connectivity index (χ2n) is 3.41. The van der Waals surface area contributed by atoms with Crippen LogP contribution in [-0.2, 0) is 6.54 Å². The number of amides is 2. The summed E-state index contributed by atoms with van der Waals surface area (Å²) in [6.07, 6.45) is 0. The molecular weight excluding hydrogens is 222 g/mol. The number of hydrazine groups is 1. The Kier molecular flexibility index (Phi) is 4.59. The number of urea groups is 1. The molecule has 0 unspecified atom stereocenters. The van der Waals surface area contributed by atoms with E-state index in [1.54, 1.807) is 14.2 Å².